The summed E-state index contributed by atoms with van der Waals surface area (Å²) in [4.78, 5) is 18.2. The molecule has 0 spiro atoms. The van der Waals surface area contributed by atoms with E-state index < -0.39 is 0 Å². The molecule has 0 radical (unpaired) electrons. The summed E-state index contributed by atoms with van der Waals surface area (Å²) in [5.74, 6) is 1.13. The van der Waals surface area contributed by atoms with E-state index in [9.17, 15) is 4.79 Å². The van der Waals surface area contributed by atoms with Crippen LogP contribution in [0.4, 0.5) is 11.7 Å². The van der Waals surface area contributed by atoms with Crippen molar-refractivity contribution in [3.63, 3.8) is 0 Å². The second-order valence-electron chi connectivity index (χ2n) is 6.07. The number of thioether (sulfide) groups is 1. The normalized spacial score (nSPS) is 10.9. The monoisotopic (exact) mass is 401 g/mol. The summed E-state index contributed by atoms with van der Waals surface area (Å²) >= 11 is 1.29. The molecule has 0 aliphatic carbocycles. The third-order valence-corrected chi connectivity index (χ3v) is 5.22. The van der Waals surface area contributed by atoms with Crippen LogP contribution in [0.15, 0.2) is 33.9 Å². The standard InChI is InChI=1S/C18H23N7O2S/c1-5-25(6-2)14-9-7-13(8-10-14)16-21-22-18(24(16)4)28-11-15(26)20-17-19-12(3)23-27-17/h7-10H,5-6,11H2,1-4H3,(H,19,20,23,26). The summed E-state index contributed by atoms with van der Waals surface area (Å²) in [5.41, 5.74) is 2.15. The van der Waals surface area contributed by atoms with Gasteiger partial charge in [-0.05, 0) is 45.0 Å². The van der Waals surface area contributed by atoms with Crippen molar-refractivity contribution in [3.8, 4) is 11.4 Å². The van der Waals surface area contributed by atoms with Crippen molar-refractivity contribution in [1.82, 2.24) is 24.9 Å². The first kappa shape index (κ1) is 19.9. The van der Waals surface area contributed by atoms with Gasteiger partial charge in [-0.1, -0.05) is 16.9 Å². The molecule has 28 heavy (non-hydrogen) atoms. The Hall–Kier alpha value is -2.88. The lowest BCUT2D eigenvalue weighted by atomic mass is 10.2. The molecule has 0 saturated heterocycles. The predicted octanol–water partition coefficient (Wildman–Crippen LogP) is 2.75. The molecule has 2 aromatic heterocycles. The second-order valence-corrected chi connectivity index (χ2v) is 7.01. The van der Waals surface area contributed by atoms with E-state index in [1.165, 1.54) is 17.4 Å². The molecular formula is C18H23N7O2S. The Balaban J connectivity index is 1.64. The minimum atomic E-state index is -0.248. The van der Waals surface area contributed by atoms with E-state index in [1.54, 1.807) is 6.92 Å². The van der Waals surface area contributed by atoms with Crippen LogP contribution in [-0.4, -0.2) is 49.7 Å². The number of aromatic nitrogens is 5. The summed E-state index contributed by atoms with van der Waals surface area (Å²) in [7, 11) is 1.88. The molecule has 148 valence electrons. The minimum absolute atomic E-state index is 0.0926. The summed E-state index contributed by atoms with van der Waals surface area (Å²) in [6.07, 6.45) is 0. The van der Waals surface area contributed by atoms with Gasteiger partial charge in [-0.15, -0.1) is 10.2 Å². The Morgan fingerprint density at radius 3 is 2.54 bits per heavy atom. The molecule has 3 rings (SSSR count). The molecule has 1 N–H and O–H groups in total. The molecule has 0 fully saturated rings. The number of hydrogen-bond donors (Lipinski definition) is 1. The van der Waals surface area contributed by atoms with Gasteiger partial charge in [0.05, 0.1) is 5.75 Å². The van der Waals surface area contributed by atoms with Crippen molar-refractivity contribution in [2.24, 2.45) is 7.05 Å². The van der Waals surface area contributed by atoms with Gasteiger partial charge in [-0.25, -0.2) is 0 Å². The van der Waals surface area contributed by atoms with Crippen LogP contribution in [0.5, 0.6) is 0 Å². The summed E-state index contributed by atoms with van der Waals surface area (Å²) < 4.78 is 6.75. The topological polar surface area (TPSA) is 102 Å². The number of carbonyl (C=O) groups excluding carboxylic acids is 1. The minimum Gasteiger partial charge on any atom is -0.372 e. The number of hydrogen-bond acceptors (Lipinski definition) is 8. The fraction of sp³-hybridized carbons (Fsp3) is 0.389. The van der Waals surface area contributed by atoms with Gasteiger partial charge in [0.15, 0.2) is 16.8 Å². The highest BCUT2D eigenvalue weighted by atomic mass is 32.2. The molecule has 1 aromatic carbocycles. The second kappa shape index (κ2) is 8.87. The zero-order valence-electron chi connectivity index (χ0n) is 16.3. The van der Waals surface area contributed by atoms with Crippen molar-refractivity contribution in [2.75, 3.05) is 29.1 Å². The highest BCUT2D eigenvalue weighted by Gasteiger charge is 2.14. The van der Waals surface area contributed by atoms with Crippen LogP contribution in [0.25, 0.3) is 11.4 Å². The lowest BCUT2D eigenvalue weighted by molar-refractivity contribution is -0.114. The maximum atomic E-state index is 12.0. The molecule has 9 nitrogen and oxygen atoms in total. The SMILES string of the molecule is CCN(CC)c1ccc(-c2nnc(SCC(=O)Nc3nc(C)no3)n2C)cc1. The Kier molecular flexibility index (Phi) is 6.30. The van der Waals surface area contributed by atoms with Crippen molar-refractivity contribution in [3.05, 3.63) is 30.1 Å². The van der Waals surface area contributed by atoms with Crippen LogP contribution in [-0.2, 0) is 11.8 Å². The van der Waals surface area contributed by atoms with Gasteiger partial charge in [0, 0.05) is 31.4 Å². The predicted molar refractivity (Wildman–Crippen MR) is 108 cm³/mol. The van der Waals surface area contributed by atoms with E-state index in [-0.39, 0.29) is 17.7 Å². The molecule has 0 aliphatic heterocycles. The number of rotatable bonds is 8. The van der Waals surface area contributed by atoms with Gasteiger partial charge in [-0.3, -0.25) is 10.1 Å². The maximum Gasteiger partial charge on any atom is 0.328 e. The highest BCUT2D eigenvalue weighted by molar-refractivity contribution is 7.99. The first-order valence-electron chi connectivity index (χ1n) is 8.99. The van der Waals surface area contributed by atoms with Crippen LogP contribution in [0.1, 0.15) is 19.7 Å². The van der Waals surface area contributed by atoms with Crippen LogP contribution in [0.2, 0.25) is 0 Å². The lowest BCUT2D eigenvalue weighted by Crippen LogP contribution is -2.21. The number of benzene rings is 1. The maximum absolute atomic E-state index is 12.0. The number of carbonyl (C=O) groups is 1. The van der Waals surface area contributed by atoms with Gasteiger partial charge >= 0.3 is 6.01 Å². The Bertz CT molecular complexity index is 932. The average Bonchev–Trinajstić information content (AvgIpc) is 3.27. The van der Waals surface area contributed by atoms with Gasteiger partial charge in [0.1, 0.15) is 0 Å². The molecule has 0 saturated carbocycles. The first-order valence-corrected chi connectivity index (χ1v) is 9.98. The van der Waals surface area contributed by atoms with Crippen LogP contribution in [0, 0.1) is 6.92 Å². The molecule has 0 unspecified atom stereocenters. The fourth-order valence-electron chi connectivity index (χ4n) is 2.74. The molecule has 0 atom stereocenters. The number of nitrogens with zero attached hydrogens (tertiary/aromatic N) is 6. The van der Waals surface area contributed by atoms with E-state index in [0.29, 0.717) is 11.0 Å². The zero-order chi connectivity index (χ0) is 20.1. The number of nitrogens with one attached hydrogen (secondary N) is 1. The largest absolute Gasteiger partial charge is 0.372 e. The van der Waals surface area contributed by atoms with Gasteiger partial charge < -0.3 is 14.0 Å². The molecule has 1 amide bonds. The molecule has 10 heteroatoms. The van der Waals surface area contributed by atoms with E-state index >= 15 is 0 Å². The van der Waals surface area contributed by atoms with Crippen LogP contribution in [0.3, 0.4) is 0 Å². The lowest BCUT2D eigenvalue weighted by Gasteiger charge is -2.21. The van der Waals surface area contributed by atoms with Gasteiger partial charge in [0.25, 0.3) is 0 Å². The quantitative estimate of drug-likeness (QED) is 0.575. The van der Waals surface area contributed by atoms with Crippen molar-refractivity contribution < 1.29 is 9.32 Å². The van der Waals surface area contributed by atoms with E-state index in [0.717, 1.165) is 24.5 Å². The van der Waals surface area contributed by atoms with Crippen LogP contribution >= 0.6 is 11.8 Å². The molecule has 0 bridgehead atoms. The number of amides is 1. The first-order chi connectivity index (χ1) is 13.5. The smallest absolute Gasteiger partial charge is 0.328 e. The van der Waals surface area contributed by atoms with Crippen molar-refractivity contribution in [2.45, 2.75) is 25.9 Å². The zero-order valence-corrected chi connectivity index (χ0v) is 17.2. The summed E-state index contributed by atoms with van der Waals surface area (Å²) in [6, 6.07) is 8.34. The van der Waals surface area contributed by atoms with Crippen molar-refractivity contribution >= 4 is 29.4 Å². The Morgan fingerprint density at radius 1 is 1.21 bits per heavy atom. The Labute approximate surface area is 167 Å². The average molecular weight is 401 g/mol. The van der Waals surface area contributed by atoms with Crippen LogP contribution < -0.4 is 10.2 Å². The highest BCUT2D eigenvalue weighted by Crippen LogP contribution is 2.25. The van der Waals surface area contributed by atoms with Gasteiger partial charge in [-0.2, -0.15) is 4.98 Å². The van der Waals surface area contributed by atoms with E-state index in [4.69, 9.17) is 4.52 Å². The summed E-state index contributed by atoms with van der Waals surface area (Å²) in [6.45, 7) is 7.89. The van der Waals surface area contributed by atoms with Gasteiger partial charge in [0.2, 0.25) is 5.91 Å². The third kappa shape index (κ3) is 4.50. The molecule has 0 aliphatic rings. The Morgan fingerprint density at radius 2 is 1.93 bits per heavy atom. The number of anilines is 2. The number of aryl methyl sites for hydroxylation is 1. The molecule has 2 heterocycles. The molecular weight excluding hydrogens is 378 g/mol. The third-order valence-electron chi connectivity index (χ3n) is 4.20. The van der Waals surface area contributed by atoms with Crippen molar-refractivity contribution in [1.29, 1.82) is 0 Å². The molecule has 3 aromatic rings. The summed E-state index contributed by atoms with van der Waals surface area (Å²) in [5, 5.41) is 15.3. The van der Waals surface area contributed by atoms with E-state index in [2.05, 4.69) is 56.5 Å². The fourth-order valence-corrected chi connectivity index (χ4v) is 3.45. The van der Waals surface area contributed by atoms with E-state index in [1.807, 2.05) is 23.7 Å².